The zero-order valence-corrected chi connectivity index (χ0v) is 14.3. The van der Waals surface area contributed by atoms with Gasteiger partial charge in [-0.2, -0.15) is 0 Å². The molecule has 0 radical (unpaired) electrons. The second kappa shape index (κ2) is 6.97. The average Bonchev–Trinajstić information content (AvgIpc) is 2.87. The van der Waals surface area contributed by atoms with E-state index in [9.17, 15) is 9.18 Å². The first-order chi connectivity index (χ1) is 11.5. The molecule has 3 rings (SSSR count). The minimum absolute atomic E-state index is 0.276. The summed E-state index contributed by atoms with van der Waals surface area (Å²) in [4.78, 5) is 16.2. The molecular weight excluding hydrogens is 377 g/mol. The van der Waals surface area contributed by atoms with E-state index >= 15 is 0 Å². The fourth-order valence-electron chi connectivity index (χ4n) is 2.15. The molecule has 0 atom stereocenters. The first kappa shape index (κ1) is 16.4. The summed E-state index contributed by atoms with van der Waals surface area (Å²) in [6.07, 6.45) is 1.71. The molecule has 0 amide bonds. The standard InChI is InChI=1S/C18H13BrFNO3/c1-11-15(18(22)24-21-11)8-13-4-7-17(16(19)9-13)23-10-12-2-5-14(20)6-3-12/h2-9H,10H2,1H3/b15-8+. The summed E-state index contributed by atoms with van der Waals surface area (Å²) in [6, 6.07) is 11.6. The number of ether oxygens (including phenoxy) is 1. The predicted octanol–water partition coefficient (Wildman–Crippen LogP) is 4.48. The van der Waals surface area contributed by atoms with E-state index in [1.54, 1.807) is 31.2 Å². The van der Waals surface area contributed by atoms with Gasteiger partial charge in [-0.1, -0.05) is 23.4 Å². The van der Waals surface area contributed by atoms with Gasteiger partial charge in [0.25, 0.3) is 0 Å². The lowest BCUT2D eigenvalue weighted by Crippen LogP contribution is -2.01. The molecule has 0 N–H and O–H groups in total. The van der Waals surface area contributed by atoms with Gasteiger partial charge in [-0.05, 0) is 64.3 Å². The van der Waals surface area contributed by atoms with Gasteiger partial charge in [0.2, 0.25) is 0 Å². The minimum atomic E-state index is -0.458. The largest absolute Gasteiger partial charge is 0.488 e. The van der Waals surface area contributed by atoms with Crippen LogP contribution in [0.5, 0.6) is 5.75 Å². The van der Waals surface area contributed by atoms with E-state index in [-0.39, 0.29) is 5.82 Å². The van der Waals surface area contributed by atoms with Gasteiger partial charge >= 0.3 is 5.97 Å². The van der Waals surface area contributed by atoms with Crippen LogP contribution in [0.2, 0.25) is 0 Å². The van der Waals surface area contributed by atoms with Gasteiger partial charge in [0, 0.05) is 0 Å². The number of hydrogen-bond donors (Lipinski definition) is 0. The van der Waals surface area contributed by atoms with Crippen molar-refractivity contribution in [2.24, 2.45) is 5.16 Å². The van der Waals surface area contributed by atoms with Crippen molar-refractivity contribution in [3.8, 4) is 5.75 Å². The summed E-state index contributed by atoms with van der Waals surface area (Å²) in [7, 11) is 0. The Hall–Kier alpha value is -2.47. The van der Waals surface area contributed by atoms with Crippen molar-refractivity contribution >= 4 is 33.7 Å². The summed E-state index contributed by atoms with van der Waals surface area (Å²) < 4.78 is 19.4. The summed E-state index contributed by atoms with van der Waals surface area (Å²) >= 11 is 3.45. The quantitative estimate of drug-likeness (QED) is 0.571. The molecule has 6 heteroatoms. The van der Waals surface area contributed by atoms with Gasteiger partial charge < -0.3 is 9.57 Å². The molecule has 122 valence electrons. The number of carbonyl (C=O) groups excluding carboxylic acids is 1. The number of rotatable bonds is 4. The number of halogens is 2. The highest BCUT2D eigenvalue weighted by Crippen LogP contribution is 2.28. The molecule has 1 aliphatic rings. The van der Waals surface area contributed by atoms with Crippen LogP contribution in [-0.2, 0) is 16.2 Å². The molecule has 4 nitrogen and oxygen atoms in total. The first-order valence-electron chi connectivity index (χ1n) is 7.18. The zero-order chi connectivity index (χ0) is 17.1. The monoisotopic (exact) mass is 389 g/mol. The predicted molar refractivity (Wildman–Crippen MR) is 92.1 cm³/mol. The Morgan fingerprint density at radius 2 is 2.00 bits per heavy atom. The molecular formula is C18H13BrFNO3. The highest BCUT2D eigenvalue weighted by Gasteiger charge is 2.21. The van der Waals surface area contributed by atoms with Crippen molar-refractivity contribution in [2.75, 3.05) is 0 Å². The maximum Gasteiger partial charge on any atom is 0.367 e. The third kappa shape index (κ3) is 3.71. The molecule has 1 aliphatic heterocycles. The van der Waals surface area contributed by atoms with Crippen LogP contribution in [0, 0.1) is 5.82 Å². The van der Waals surface area contributed by atoms with E-state index in [1.807, 2.05) is 12.1 Å². The van der Waals surface area contributed by atoms with Crippen molar-refractivity contribution in [1.82, 2.24) is 0 Å². The van der Waals surface area contributed by atoms with Crippen molar-refractivity contribution in [3.63, 3.8) is 0 Å². The SMILES string of the molecule is CC1=NOC(=O)/C1=C/c1ccc(OCc2ccc(F)cc2)c(Br)c1. The maximum atomic E-state index is 12.9. The summed E-state index contributed by atoms with van der Waals surface area (Å²) in [5.41, 5.74) is 2.67. The molecule has 0 aliphatic carbocycles. The molecule has 0 spiro atoms. The van der Waals surface area contributed by atoms with Crippen LogP contribution in [0.15, 0.2) is 57.7 Å². The van der Waals surface area contributed by atoms with Crippen LogP contribution in [0.25, 0.3) is 6.08 Å². The van der Waals surface area contributed by atoms with Gasteiger partial charge in [-0.15, -0.1) is 0 Å². The normalized spacial score (nSPS) is 15.4. The number of carbonyl (C=O) groups is 1. The molecule has 0 saturated heterocycles. The third-order valence-electron chi connectivity index (χ3n) is 3.45. The Bertz CT molecular complexity index is 844. The van der Waals surface area contributed by atoms with Crippen molar-refractivity contribution in [1.29, 1.82) is 0 Å². The van der Waals surface area contributed by atoms with E-state index in [0.717, 1.165) is 15.6 Å². The summed E-state index contributed by atoms with van der Waals surface area (Å²) in [6.45, 7) is 2.05. The highest BCUT2D eigenvalue weighted by molar-refractivity contribution is 9.10. The Kier molecular flexibility index (Phi) is 4.76. The van der Waals surface area contributed by atoms with Gasteiger partial charge in [0.15, 0.2) is 0 Å². The Morgan fingerprint density at radius 3 is 2.62 bits per heavy atom. The summed E-state index contributed by atoms with van der Waals surface area (Å²) in [5, 5.41) is 3.64. The molecule has 0 bridgehead atoms. The second-order valence-corrected chi connectivity index (χ2v) is 6.07. The lowest BCUT2D eigenvalue weighted by Gasteiger charge is -2.09. The van der Waals surface area contributed by atoms with Gasteiger partial charge in [0.1, 0.15) is 18.2 Å². The zero-order valence-electron chi connectivity index (χ0n) is 12.8. The van der Waals surface area contributed by atoms with Crippen LogP contribution in [-0.4, -0.2) is 11.7 Å². The van der Waals surface area contributed by atoms with Crippen LogP contribution < -0.4 is 4.74 Å². The lowest BCUT2D eigenvalue weighted by atomic mass is 10.1. The van der Waals surface area contributed by atoms with Gasteiger partial charge in [0.05, 0.1) is 15.8 Å². The highest BCUT2D eigenvalue weighted by atomic mass is 79.9. The van der Waals surface area contributed by atoms with Crippen molar-refractivity contribution in [2.45, 2.75) is 13.5 Å². The molecule has 0 aromatic heterocycles. The van der Waals surface area contributed by atoms with E-state index in [2.05, 4.69) is 25.9 Å². The number of oxime groups is 1. The molecule has 0 unspecified atom stereocenters. The second-order valence-electron chi connectivity index (χ2n) is 5.22. The summed E-state index contributed by atoms with van der Waals surface area (Å²) in [5.74, 6) is -0.0808. The first-order valence-corrected chi connectivity index (χ1v) is 7.97. The van der Waals surface area contributed by atoms with Gasteiger partial charge in [-0.25, -0.2) is 9.18 Å². The number of benzene rings is 2. The van der Waals surface area contributed by atoms with Gasteiger partial charge in [-0.3, -0.25) is 0 Å². The average molecular weight is 390 g/mol. The Labute approximate surface area is 146 Å². The van der Waals surface area contributed by atoms with Crippen LogP contribution in [0.4, 0.5) is 4.39 Å². The lowest BCUT2D eigenvalue weighted by molar-refractivity contribution is -0.136. The molecule has 0 fully saturated rings. The topological polar surface area (TPSA) is 47.9 Å². The molecule has 2 aromatic carbocycles. The van der Waals surface area contributed by atoms with Crippen molar-refractivity contribution < 1.29 is 18.8 Å². The maximum absolute atomic E-state index is 12.9. The van der Waals surface area contributed by atoms with Crippen molar-refractivity contribution in [3.05, 3.63) is 69.5 Å². The smallest absolute Gasteiger partial charge is 0.367 e. The number of nitrogens with zero attached hydrogens (tertiary/aromatic N) is 1. The molecule has 0 saturated carbocycles. The fraction of sp³-hybridized carbons (Fsp3) is 0.111. The van der Waals surface area contributed by atoms with E-state index in [4.69, 9.17) is 4.74 Å². The van der Waals surface area contributed by atoms with E-state index in [0.29, 0.717) is 23.6 Å². The molecule has 24 heavy (non-hydrogen) atoms. The van der Waals surface area contributed by atoms with Crippen LogP contribution in [0.1, 0.15) is 18.1 Å². The fourth-order valence-corrected chi connectivity index (χ4v) is 2.66. The van der Waals surface area contributed by atoms with E-state index in [1.165, 1.54) is 12.1 Å². The molecule has 2 aromatic rings. The Morgan fingerprint density at radius 1 is 1.25 bits per heavy atom. The minimum Gasteiger partial charge on any atom is -0.488 e. The Balaban J connectivity index is 1.73. The number of hydrogen-bond acceptors (Lipinski definition) is 4. The van der Waals surface area contributed by atoms with Crippen LogP contribution in [0.3, 0.4) is 0 Å². The third-order valence-corrected chi connectivity index (χ3v) is 4.07. The van der Waals surface area contributed by atoms with E-state index < -0.39 is 5.97 Å². The molecule has 1 heterocycles. The van der Waals surface area contributed by atoms with Crippen LogP contribution >= 0.6 is 15.9 Å².